The van der Waals surface area contributed by atoms with Gasteiger partial charge >= 0.3 is 5.97 Å². The van der Waals surface area contributed by atoms with Gasteiger partial charge in [-0.05, 0) is 25.5 Å². The Morgan fingerprint density at radius 2 is 2.24 bits per heavy atom. The van der Waals surface area contributed by atoms with E-state index in [0.717, 1.165) is 16.8 Å². The van der Waals surface area contributed by atoms with Gasteiger partial charge in [0.2, 0.25) is 0 Å². The van der Waals surface area contributed by atoms with Gasteiger partial charge in [-0.15, -0.1) is 0 Å². The Morgan fingerprint density at radius 3 is 2.88 bits per heavy atom. The summed E-state index contributed by atoms with van der Waals surface area (Å²) in [5, 5.41) is 0. The normalized spacial score (nSPS) is 10.5. The van der Waals surface area contributed by atoms with Crippen molar-refractivity contribution >= 4 is 11.5 Å². The van der Waals surface area contributed by atoms with Crippen LogP contribution >= 0.6 is 0 Å². The minimum Gasteiger partial charge on any atom is -0.497 e. The maximum Gasteiger partial charge on any atom is 0.340 e. The number of hydrogen-bond acceptors (Lipinski definition) is 3. The van der Waals surface area contributed by atoms with Gasteiger partial charge in [-0.25, -0.2) is 4.79 Å². The van der Waals surface area contributed by atoms with Crippen LogP contribution in [0.15, 0.2) is 24.5 Å². The number of nitrogens with zero attached hydrogens (tertiary/aromatic N) is 1. The predicted octanol–water partition coefficient (Wildman–Crippen LogP) is 2.43. The van der Waals surface area contributed by atoms with E-state index in [4.69, 9.17) is 9.47 Å². The summed E-state index contributed by atoms with van der Waals surface area (Å²) in [4.78, 5) is 11.9. The molecular formula is C13H15NO3. The Balaban J connectivity index is 2.60. The number of carbonyl (C=O) groups is 1. The predicted molar refractivity (Wildman–Crippen MR) is 64.6 cm³/mol. The molecule has 17 heavy (non-hydrogen) atoms. The average Bonchev–Trinajstić information content (AvgIpc) is 2.64. The summed E-state index contributed by atoms with van der Waals surface area (Å²) in [5.74, 6) is 0.432. The van der Waals surface area contributed by atoms with Gasteiger partial charge in [0.15, 0.2) is 0 Å². The third-order valence-corrected chi connectivity index (χ3v) is 2.66. The largest absolute Gasteiger partial charge is 0.497 e. The van der Waals surface area contributed by atoms with Crippen LogP contribution < -0.4 is 4.74 Å². The van der Waals surface area contributed by atoms with Crippen molar-refractivity contribution in [1.82, 2.24) is 4.40 Å². The highest BCUT2D eigenvalue weighted by atomic mass is 16.5. The van der Waals surface area contributed by atoms with Crippen LogP contribution in [0.3, 0.4) is 0 Å². The monoisotopic (exact) mass is 233 g/mol. The van der Waals surface area contributed by atoms with Crippen molar-refractivity contribution in [3.63, 3.8) is 0 Å². The quantitative estimate of drug-likeness (QED) is 0.764. The maximum atomic E-state index is 11.9. The lowest BCUT2D eigenvalue weighted by Crippen LogP contribution is -2.05. The fourth-order valence-electron chi connectivity index (χ4n) is 1.88. The van der Waals surface area contributed by atoms with Gasteiger partial charge in [-0.1, -0.05) is 0 Å². The number of ether oxygens (including phenoxy) is 2. The van der Waals surface area contributed by atoms with Crippen molar-refractivity contribution in [2.45, 2.75) is 13.8 Å². The number of pyridine rings is 1. The Kier molecular flexibility index (Phi) is 3.04. The van der Waals surface area contributed by atoms with Crippen LogP contribution in [-0.4, -0.2) is 24.1 Å². The highest BCUT2D eigenvalue weighted by molar-refractivity contribution is 5.99. The summed E-state index contributed by atoms with van der Waals surface area (Å²) in [6, 6.07) is 3.68. The van der Waals surface area contributed by atoms with Gasteiger partial charge < -0.3 is 13.9 Å². The van der Waals surface area contributed by atoms with Gasteiger partial charge in [-0.2, -0.15) is 0 Å². The van der Waals surface area contributed by atoms with Crippen LogP contribution in [0, 0.1) is 6.92 Å². The molecule has 0 spiro atoms. The van der Waals surface area contributed by atoms with Gasteiger partial charge in [0.05, 0.1) is 24.8 Å². The van der Waals surface area contributed by atoms with Crippen LogP contribution in [0.5, 0.6) is 5.75 Å². The lowest BCUT2D eigenvalue weighted by molar-refractivity contribution is 0.0528. The summed E-state index contributed by atoms with van der Waals surface area (Å²) in [6.45, 7) is 4.07. The second-order valence-electron chi connectivity index (χ2n) is 3.77. The Hall–Kier alpha value is -1.97. The zero-order valence-electron chi connectivity index (χ0n) is 10.2. The second-order valence-corrected chi connectivity index (χ2v) is 3.77. The zero-order chi connectivity index (χ0) is 12.4. The zero-order valence-corrected chi connectivity index (χ0v) is 10.2. The highest BCUT2D eigenvalue weighted by Crippen LogP contribution is 2.23. The van der Waals surface area contributed by atoms with Gasteiger partial charge in [0.1, 0.15) is 5.75 Å². The lowest BCUT2D eigenvalue weighted by atomic mass is 10.2. The Bertz CT molecular complexity index is 557. The van der Waals surface area contributed by atoms with Crippen molar-refractivity contribution in [3.05, 3.63) is 35.7 Å². The van der Waals surface area contributed by atoms with E-state index in [1.165, 1.54) is 0 Å². The van der Waals surface area contributed by atoms with Gasteiger partial charge in [0, 0.05) is 18.5 Å². The van der Waals surface area contributed by atoms with Crippen LogP contribution in [0.25, 0.3) is 5.52 Å². The van der Waals surface area contributed by atoms with Crippen LogP contribution in [0.4, 0.5) is 0 Å². The van der Waals surface area contributed by atoms with E-state index in [-0.39, 0.29) is 5.97 Å². The van der Waals surface area contributed by atoms with Crippen LogP contribution in [0.1, 0.15) is 22.8 Å². The molecule has 2 heterocycles. The molecule has 90 valence electrons. The molecular weight excluding hydrogens is 218 g/mol. The van der Waals surface area contributed by atoms with Crippen LogP contribution in [0.2, 0.25) is 0 Å². The smallest absolute Gasteiger partial charge is 0.340 e. The first kappa shape index (κ1) is 11.5. The first-order chi connectivity index (χ1) is 8.17. The molecule has 0 saturated heterocycles. The Morgan fingerprint density at radius 1 is 1.47 bits per heavy atom. The molecule has 0 saturated carbocycles. The minimum atomic E-state index is -0.291. The first-order valence-electron chi connectivity index (χ1n) is 5.49. The average molecular weight is 233 g/mol. The van der Waals surface area contributed by atoms with Crippen molar-refractivity contribution in [2.75, 3.05) is 13.7 Å². The minimum absolute atomic E-state index is 0.291. The number of carbonyl (C=O) groups excluding carboxylic acids is 1. The van der Waals surface area contributed by atoms with Crippen molar-refractivity contribution in [2.24, 2.45) is 0 Å². The van der Waals surface area contributed by atoms with Gasteiger partial charge in [0.25, 0.3) is 0 Å². The molecule has 2 aromatic heterocycles. The molecule has 0 aliphatic carbocycles. The van der Waals surface area contributed by atoms with E-state index < -0.39 is 0 Å². The standard InChI is InChI=1S/C13H15NO3/c1-4-17-13(15)12-9(2)8-14-6-5-10(16-3)7-11(12)14/h5-8H,4H2,1-3H3. The molecule has 4 heteroatoms. The van der Waals surface area contributed by atoms with Crippen molar-refractivity contribution < 1.29 is 14.3 Å². The molecule has 0 radical (unpaired) electrons. The first-order valence-corrected chi connectivity index (χ1v) is 5.49. The molecule has 0 fully saturated rings. The summed E-state index contributed by atoms with van der Waals surface area (Å²) in [6.07, 6.45) is 3.77. The molecule has 2 aromatic rings. The number of hydrogen-bond donors (Lipinski definition) is 0. The highest BCUT2D eigenvalue weighted by Gasteiger charge is 2.16. The molecule has 4 nitrogen and oxygen atoms in total. The summed E-state index contributed by atoms with van der Waals surface area (Å²) < 4.78 is 12.1. The van der Waals surface area contributed by atoms with E-state index in [1.807, 2.05) is 35.9 Å². The number of rotatable bonds is 3. The molecule has 0 aromatic carbocycles. The second kappa shape index (κ2) is 4.49. The van der Waals surface area contributed by atoms with Crippen molar-refractivity contribution in [3.8, 4) is 5.75 Å². The third-order valence-electron chi connectivity index (χ3n) is 2.66. The Labute approximate surface area is 99.8 Å². The molecule has 0 atom stereocenters. The SMILES string of the molecule is CCOC(=O)c1c(C)cn2ccc(OC)cc12. The molecule has 0 aliphatic rings. The number of fused-ring (bicyclic) bond motifs is 1. The van der Waals surface area contributed by atoms with E-state index in [0.29, 0.717) is 12.2 Å². The summed E-state index contributed by atoms with van der Waals surface area (Å²) >= 11 is 0. The van der Waals surface area contributed by atoms with E-state index in [2.05, 4.69) is 0 Å². The molecule has 0 aliphatic heterocycles. The van der Waals surface area contributed by atoms with Crippen molar-refractivity contribution in [1.29, 1.82) is 0 Å². The van der Waals surface area contributed by atoms with E-state index in [9.17, 15) is 4.79 Å². The molecule has 0 amide bonds. The molecule has 0 bridgehead atoms. The van der Waals surface area contributed by atoms with E-state index >= 15 is 0 Å². The fraction of sp³-hybridized carbons (Fsp3) is 0.308. The summed E-state index contributed by atoms with van der Waals surface area (Å²) in [7, 11) is 1.60. The van der Waals surface area contributed by atoms with Gasteiger partial charge in [-0.3, -0.25) is 0 Å². The number of methoxy groups -OCH3 is 1. The summed E-state index contributed by atoms with van der Waals surface area (Å²) in [5.41, 5.74) is 2.31. The van der Waals surface area contributed by atoms with E-state index in [1.54, 1.807) is 14.0 Å². The number of esters is 1. The molecule has 0 N–H and O–H groups in total. The maximum absolute atomic E-state index is 11.9. The number of aryl methyl sites for hydroxylation is 1. The number of aromatic nitrogens is 1. The lowest BCUT2D eigenvalue weighted by Gasteiger charge is -2.04. The topological polar surface area (TPSA) is 39.9 Å². The molecule has 2 rings (SSSR count). The third kappa shape index (κ3) is 1.98. The van der Waals surface area contributed by atoms with Crippen LogP contribution in [-0.2, 0) is 4.74 Å². The fourth-order valence-corrected chi connectivity index (χ4v) is 1.88. The molecule has 0 unspecified atom stereocenters.